The third-order valence-corrected chi connectivity index (χ3v) is 7.94. The van der Waals surface area contributed by atoms with Gasteiger partial charge in [-0.15, -0.1) is 0 Å². The van der Waals surface area contributed by atoms with E-state index in [4.69, 9.17) is 4.74 Å². The molecule has 3 aliphatic rings. The number of ether oxygens (including phenoxy) is 1. The Bertz CT molecular complexity index is 646. The molecular formula is C26H42O3. The second-order valence-electron chi connectivity index (χ2n) is 10.4. The van der Waals surface area contributed by atoms with E-state index in [9.17, 15) is 10.2 Å². The highest BCUT2D eigenvalue weighted by Crippen LogP contribution is 2.58. The molecule has 0 aromatic heterocycles. The summed E-state index contributed by atoms with van der Waals surface area (Å²) in [4.78, 5) is 0. The van der Waals surface area contributed by atoms with Gasteiger partial charge >= 0.3 is 0 Å². The molecule has 29 heavy (non-hydrogen) atoms. The van der Waals surface area contributed by atoms with E-state index in [0.29, 0.717) is 42.1 Å². The number of hydrogen-bond acceptors (Lipinski definition) is 3. The molecule has 0 heterocycles. The average molecular weight is 403 g/mol. The Morgan fingerprint density at radius 1 is 1.21 bits per heavy atom. The standard InChI is InChI=1S/C26H42O3/c1-17(2)12-14-29-19(4)23-10-11-24-20(7-6-13-26(23,24)5)8-9-21-15-22(27)16-25(28)18(21)3/h8-9,17,19,22-25,27-28H,3,6-7,10-16H2,1-2,4-5H3/b20-8+,21-9-/t19-,22+,23+,24-,25-,26+/m0/s1. The number of rotatable bonds is 6. The van der Waals surface area contributed by atoms with Gasteiger partial charge in [0.1, 0.15) is 0 Å². The first-order valence-electron chi connectivity index (χ1n) is 11.8. The van der Waals surface area contributed by atoms with E-state index in [1.165, 1.54) is 25.7 Å². The van der Waals surface area contributed by atoms with E-state index in [1.54, 1.807) is 5.57 Å². The molecule has 2 N–H and O–H groups in total. The minimum Gasteiger partial charge on any atom is -0.393 e. The zero-order valence-electron chi connectivity index (χ0n) is 19.0. The second kappa shape index (κ2) is 9.49. The van der Waals surface area contributed by atoms with Gasteiger partial charge in [-0.25, -0.2) is 0 Å². The Hall–Kier alpha value is -0.900. The summed E-state index contributed by atoms with van der Waals surface area (Å²) < 4.78 is 6.28. The van der Waals surface area contributed by atoms with E-state index in [-0.39, 0.29) is 0 Å². The SMILES string of the molecule is C=C1/C(=C\C=C2/CCC[C@]3(C)[C@@H]([C@H](C)OCCC(C)C)CC[C@@H]23)C[C@@H](O)C[C@@H]1O. The van der Waals surface area contributed by atoms with Gasteiger partial charge in [0.25, 0.3) is 0 Å². The molecule has 3 nitrogen and oxygen atoms in total. The van der Waals surface area contributed by atoms with Gasteiger partial charge in [-0.2, -0.15) is 0 Å². The number of aliphatic hydroxyl groups is 2. The summed E-state index contributed by atoms with van der Waals surface area (Å²) in [6, 6.07) is 0. The van der Waals surface area contributed by atoms with Crippen molar-refractivity contribution in [2.45, 2.75) is 97.4 Å². The summed E-state index contributed by atoms with van der Waals surface area (Å²) in [5.41, 5.74) is 3.66. The van der Waals surface area contributed by atoms with Crippen LogP contribution in [0.15, 0.2) is 35.5 Å². The van der Waals surface area contributed by atoms with E-state index < -0.39 is 12.2 Å². The average Bonchev–Trinajstić information content (AvgIpc) is 3.00. The maximum atomic E-state index is 10.1. The predicted octanol–water partition coefficient (Wildman–Crippen LogP) is 5.58. The number of aliphatic hydroxyl groups excluding tert-OH is 2. The first kappa shape index (κ1) is 22.8. The lowest BCUT2D eigenvalue weighted by Crippen LogP contribution is -2.38. The highest BCUT2D eigenvalue weighted by Gasteiger charge is 2.51. The van der Waals surface area contributed by atoms with E-state index in [2.05, 4.69) is 46.4 Å². The molecule has 164 valence electrons. The number of hydrogen-bond donors (Lipinski definition) is 2. The highest BCUT2D eigenvalue weighted by atomic mass is 16.5. The summed E-state index contributed by atoms with van der Waals surface area (Å²) in [6.45, 7) is 14.2. The Kier molecular flexibility index (Phi) is 7.46. The first-order chi connectivity index (χ1) is 13.7. The van der Waals surface area contributed by atoms with Crippen LogP contribution in [-0.4, -0.2) is 35.1 Å². The summed E-state index contributed by atoms with van der Waals surface area (Å²) >= 11 is 0. The lowest BCUT2D eigenvalue weighted by molar-refractivity contribution is -0.0279. The molecule has 0 amide bonds. The van der Waals surface area contributed by atoms with Gasteiger partial charge in [-0.1, -0.05) is 45.1 Å². The van der Waals surface area contributed by atoms with E-state index in [1.807, 2.05) is 0 Å². The van der Waals surface area contributed by atoms with Gasteiger partial charge in [0.05, 0.1) is 18.3 Å². The fourth-order valence-electron chi connectivity index (χ4n) is 6.12. The lowest BCUT2D eigenvalue weighted by Gasteiger charge is -2.44. The molecule has 0 aromatic rings. The molecule has 6 atom stereocenters. The van der Waals surface area contributed by atoms with Crippen LogP contribution >= 0.6 is 0 Å². The molecule has 0 aromatic carbocycles. The van der Waals surface area contributed by atoms with Crippen molar-refractivity contribution >= 4 is 0 Å². The molecule has 3 aliphatic carbocycles. The predicted molar refractivity (Wildman–Crippen MR) is 120 cm³/mol. The van der Waals surface area contributed by atoms with Gasteiger partial charge in [-0.05, 0) is 86.2 Å². The Morgan fingerprint density at radius 2 is 1.97 bits per heavy atom. The lowest BCUT2D eigenvalue weighted by atomic mass is 9.62. The smallest absolute Gasteiger partial charge is 0.0811 e. The Balaban J connectivity index is 1.71. The van der Waals surface area contributed by atoms with Crippen LogP contribution in [0.4, 0.5) is 0 Å². The summed E-state index contributed by atoms with van der Waals surface area (Å²) in [5.74, 6) is 1.95. The van der Waals surface area contributed by atoms with Crippen molar-refractivity contribution in [2.24, 2.45) is 23.2 Å². The molecule has 3 saturated carbocycles. The highest BCUT2D eigenvalue weighted by molar-refractivity contribution is 5.38. The van der Waals surface area contributed by atoms with E-state index >= 15 is 0 Å². The van der Waals surface area contributed by atoms with Crippen LogP contribution in [0.2, 0.25) is 0 Å². The van der Waals surface area contributed by atoms with Gasteiger partial charge < -0.3 is 14.9 Å². The van der Waals surface area contributed by atoms with Gasteiger partial charge in [0.15, 0.2) is 0 Å². The fraction of sp³-hybridized carbons (Fsp3) is 0.769. The van der Waals surface area contributed by atoms with Crippen LogP contribution in [0.5, 0.6) is 0 Å². The quantitative estimate of drug-likeness (QED) is 0.610. The maximum Gasteiger partial charge on any atom is 0.0811 e. The molecule has 0 radical (unpaired) electrons. The number of allylic oxidation sites excluding steroid dienone is 3. The Morgan fingerprint density at radius 3 is 2.69 bits per heavy atom. The Labute approximate surface area is 177 Å². The van der Waals surface area contributed by atoms with Crippen molar-refractivity contribution in [2.75, 3.05) is 6.61 Å². The van der Waals surface area contributed by atoms with E-state index in [0.717, 1.165) is 30.6 Å². The largest absolute Gasteiger partial charge is 0.393 e. The van der Waals surface area contributed by atoms with Crippen molar-refractivity contribution in [3.63, 3.8) is 0 Å². The molecule has 0 saturated heterocycles. The van der Waals surface area contributed by atoms with Crippen LogP contribution in [-0.2, 0) is 4.74 Å². The van der Waals surface area contributed by atoms with Crippen molar-refractivity contribution in [1.29, 1.82) is 0 Å². The molecule has 0 spiro atoms. The minimum absolute atomic E-state index is 0.322. The van der Waals surface area contributed by atoms with Crippen molar-refractivity contribution in [3.8, 4) is 0 Å². The molecule has 0 aliphatic heterocycles. The maximum absolute atomic E-state index is 10.1. The number of fused-ring (bicyclic) bond motifs is 1. The third-order valence-electron chi connectivity index (χ3n) is 7.94. The van der Waals surface area contributed by atoms with Crippen LogP contribution in [0, 0.1) is 23.2 Å². The summed E-state index contributed by atoms with van der Waals surface area (Å²) in [7, 11) is 0. The van der Waals surface area contributed by atoms with Crippen LogP contribution in [0.3, 0.4) is 0 Å². The molecule has 3 heteroatoms. The van der Waals surface area contributed by atoms with Gasteiger partial charge in [0.2, 0.25) is 0 Å². The summed E-state index contributed by atoms with van der Waals surface area (Å²) in [6.07, 6.45) is 12.0. The molecule has 3 fully saturated rings. The van der Waals surface area contributed by atoms with Crippen LogP contribution < -0.4 is 0 Å². The van der Waals surface area contributed by atoms with Gasteiger partial charge in [-0.3, -0.25) is 0 Å². The van der Waals surface area contributed by atoms with Crippen LogP contribution in [0.25, 0.3) is 0 Å². The zero-order valence-corrected chi connectivity index (χ0v) is 19.0. The first-order valence-corrected chi connectivity index (χ1v) is 11.8. The van der Waals surface area contributed by atoms with Crippen LogP contribution in [0.1, 0.15) is 79.1 Å². The second-order valence-corrected chi connectivity index (χ2v) is 10.4. The zero-order chi connectivity index (χ0) is 21.2. The fourth-order valence-corrected chi connectivity index (χ4v) is 6.12. The topological polar surface area (TPSA) is 49.7 Å². The third kappa shape index (κ3) is 5.06. The van der Waals surface area contributed by atoms with Crippen molar-refractivity contribution in [1.82, 2.24) is 0 Å². The molecular weight excluding hydrogens is 360 g/mol. The van der Waals surface area contributed by atoms with Crippen molar-refractivity contribution < 1.29 is 14.9 Å². The summed E-state index contributed by atoms with van der Waals surface area (Å²) in [5, 5.41) is 20.1. The molecule has 0 unspecified atom stereocenters. The van der Waals surface area contributed by atoms with Crippen molar-refractivity contribution in [3.05, 3.63) is 35.5 Å². The van der Waals surface area contributed by atoms with Gasteiger partial charge in [0, 0.05) is 13.0 Å². The molecule has 0 bridgehead atoms. The minimum atomic E-state index is -0.611. The monoisotopic (exact) mass is 402 g/mol. The molecule has 3 rings (SSSR count). The normalized spacial score (nSPS) is 39.3.